The Morgan fingerprint density at radius 2 is 1.70 bits per heavy atom. The fraction of sp³-hybridized carbons (Fsp3) is 0.483. The predicted octanol–water partition coefficient (Wildman–Crippen LogP) is 4.17. The lowest BCUT2D eigenvalue weighted by Crippen LogP contribution is -2.54. The number of hydrogen-bond donors (Lipinski definition) is 1. The Kier molecular flexibility index (Phi) is 10.6. The van der Waals surface area contributed by atoms with Crippen molar-refractivity contribution in [1.82, 2.24) is 10.2 Å². The number of benzene rings is 2. The smallest absolute Gasteiger partial charge is 0.326 e. The van der Waals surface area contributed by atoms with E-state index in [4.69, 9.17) is 9.47 Å². The highest BCUT2D eigenvalue weighted by molar-refractivity contribution is 7.99. The van der Waals surface area contributed by atoms with E-state index in [2.05, 4.69) is 5.32 Å². The van der Waals surface area contributed by atoms with E-state index in [9.17, 15) is 14.4 Å². The first-order chi connectivity index (χ1) is 17.7. The summed E-state index contributed by atoms with van der Waals surface area (Å²) in [7, 11) is 0. The molecule has 0 aromatic heterocycles. The first-order valence-corrected chi connectivity index (χ1v) is 13.9. The second kappa shape index (κ2) is 13.6. The van der Waals surface area contributed by atoms with E-state index in [0.29, 0.717) is 24.3 Å². The summed E-state index contributed by atoms with van der Waals surface area (Å²) in [6.45, 7) is 7.28. The molecule has 1 amide bonds. The predicted molar refractivity (Wildman–Crippen MR) is 146 cm³/mol. The highest BCUT2D eigenvalue weighted by Crippen LogP contribution is 2.30. The highest BCUT2D eigenvalue weighted by atomic mass is 32.2. The average molecular weight is 527 g/mol. The monoisotopic (exact) mass is 526 g/mol. The fourth-order valence-corrected chi connectivity index (χ4v) is 5.50. The number of thioether (sulfide) groups is 1. The fourth-order valence-electron chi connectivity index (χ4n) is 4.29. The average Bonchev–Trinajstić information content (AvgIpc) is 3.00. The van der Waals surface area contributed by atoms with Crippen LogP contribution in [0.2, 0.25) is 0 Å². The Morgan fingerprint density at radius 1 is 1.05 bits per heavy atom. The van der Waals surface area contributed by atoms with Crippen molar-refractivity contribution in [2.45, 2.75) is 64.3 Å². The summed E-state index contributed by atoms with van der Waals surface area (Å²) in [5.74, 6) is 0.0509. The minimum Gasteiger partial charge on any atom is -0.465 e. The molecule has 0 aliphatic carbocycles. The van der Waals surface area contributed by atoms with Gasteiger partial charge in [-0.15, -0.1) is 0 Å². The van der Waals surface area contributed by atoms with Gasteiger partial charge in [0.15, 0.2) is 0 Å². The number of hydrogen-bond acceptors (Lipinski definition) is 7. The summed E-state index contributed by atoms with van der Waals surface area (Å²) in [6, 6.07) is 18.0. The van der Waals surface area contributed by atoms with E-state index in [1.807, 2.05) is 60.7 Å². The van der Waals surface area contributed by atoms with Crippen molar-refractivity contribution in [2.24, 2.45) is 0 Å². The maximum absolute atomic E-state index is 13.9. The molecule has 0 radical (unpaired) electrons. The molecule has 0 saturated carbocycles. The van der Waals surface area contributed by atoms with E-state index in [1.54, 1.807) is 44.4 Å². The minimum absolute atomic E-state index is 0.164. The molecule has 1 saturated heterocycles. The van der Waals surface area contributed by atoms with Crippen LogP contribution in [0.5, 0.6) is 0 Å². The third-order valence-corrected chi connectivity index (χ3v) is 7.08. The van der Waals surface area contributed by atoms with Gasteiger partial charge in [0.25, 0.3) is 0 Å². The molecule has 1 heterocycles. The quantitative estimate of drug-likeness (QED) is 0.465. The second-order valence-corrected chi connectivity index (χ2v) is 11.1. The van der Waals surface area contributed by atoms with Gasteiger partial charge in [0.1, 0.15) is 18.2 Å². The summed E-state index contributed by atoms with van der Waals surface area (Å²) in [6.07, 6.45) is 1.16. The molecule has 1 N–H and O–H groups in total. The molecule has 3 rings (SSSR count). The maximum Gasteiger partial charge on any atom is 0.326 e. The van der Waals surface area contributed by atoms with Crippen LogP contribution in [0.3, 0.4) is 0 Å². The Morgan fingerprint density at radius 3 is 2.32 bits per heavy atom. The lowest BCUT2D eigenvalue weighted by Gasteiger charge is -2.33. The van der Waals surface area contributed by atoms with Gasteiger partial charge in [0.2, 0.25) is 5.91 Å². The van der Waals surface area contributed by atoms with Crippen LogP contribution >= 0.6 is 11.8 Å². The van der Waals surface area contributed by atoms with Gasteiger partial charge >= 0.3 is 11.9 Å². The normalized spacial score (nSPS) is 19.1. The number of nitrogens with one attached hydrogen (secondary N) is 1. The standard InChI is InChI=1S/C29H38N2O5S/c1-5-35-28(34)23(17-16-21-12-8-6-9-13-21)30-24-19-37-20-25(22-14-10-7-11-15-22)31(27(24)33)18-26(32)36-29(2,3)4/h6-15,23-25,30H,5,16-20H2,1-4H3/t23-,24+,25+/m1/s1. The van der Waals surface area contributed by atoms with Gasteiger partial charge in [0, 0.05) is 11.5 Å². The molecule has 2 aromatic carbocycles. The summed E-state index contributed by atoms with van der Waals surface area (Å²) >= 11 is 1.63. The molecule has 0 bridgehead atoms. The lowest BCUT2D eigenvalue weighted by molar-refractivity contribution is -0.160. The van der Waals surface area contributed by atoms with E-state index in [0.717, 1.165) is 11.1 Å². The van der Waals surface area contributed by atoms with Crippen molar-refractivity contribution in [3.63, 3.8) is 0 Å². The van der Waals surface area contributed by atoms with Gasteiger partial charge in [-0.25, -0.2) is 0 Å². The van der Waals surface area contributed by atoms with Gasteiger partial charge in [-0.3, -0.25) is 19.7 Å². The molecule has 7 nitrogen and oxygen atoms in total. The second-order valence-electron chi connectivity index (χ2n) is 10.1. The SMILES string of the molecule is CCOC(=O)[C@@H](CCc1ccccc1)N[C@H]1CSC[C@@H](c2ccccc2)N(CC(=O)OC(C)(C)C)C1=O. The number of nitrogens with zero attached hydrogens (tertiary/aromatic N) is 1. The first kappa shape index (κ1) is 28.7. The topological polar surface area (TPSA) is 84.9 Å². The van der Waals surface area contributed by atoms with Crippen LogP contribution in [-0.4, -0.2) is 65.1 Å². The Balaban J connectivity index is 1.82. The molecule has 0 spiro atoms. The van der Waals surface area contributed by atoms with Crippen molar-refractivity contribution >= 4 is 29.6 Å². The Hall–Kier alpha value is -2.84. The van der Waals surface area contributed by atoms with Crippen LogP contribution in [-0.2, 0) is 30.3 Å². The van der Waals surface area contributed by atoms with Crippen molar-refractivity contribution < 1.29 is 23.9 Å². The molecular weight excluding hydrogens is 488 g/mol. The van der Waals surface area contributed by atoms with Gasteiger partial charge in [-0.05, 0) is 51.7 Å². The molecule has 1 aliphatic heterocycles. The van der Waals surface area contributed by atoms with Gasteiger partial charge in [0.05, 0.1) is 18.7 Å². The number of rotatable bonds is 10. The molecule has 1 fully saturated rings. The minimum atomic E-state index is -0.660. The number of aryl methyl sites for hydroxylation is 1. The van der Waals surface area contributed by atoms with Gasteiger partial charge in [-0.1, -0.05) is 60.7 Å². The van der Waals surface area contributed by atoms with E-state index >= 15 is 0 Å². The highest BCUT2D eigenvalue weighted by Gasteiger charge is 2.38. The van der Waals surface area contributed by atoms with Crippen molar-refractivity contribution in [2.75, 3.05) is 24.7 Å². The number of amides is 1. The molecule has 200 valence electrons. The Bertz CT molecular complexity index is 1030. The number of carbonyl (C=O) groups is 3. The maximum atomic E-state index is 13.9. The molecule has 37 heavy (non-hydrogen) atoms. The summed E-state index contributed by atoms with van der Waals surface area (Å²) in [5, 5.41) is 3.29. The number of esters is 2. The number of carbonyl (C=O) groups excluding carboxylic acids is 3. The third kappa shape index (κ3) is 8.90. The molecule has 2 aromatic rings. The van der Waals surface area contributed by atoms with Crippen molar-refractivity contribution in [3.05, 3.63) is 71.8 Å². The van der Waals surface area contributed by atoms with E-state index < -0.39 is 23.7 Å². The zero-order chi connectivity index (χ0) is 26.8. The van der Waals surface area contributed by atoms with Crippen LogP contribution < -0.4 is 5.32 Å². The molecule has 0 unspecified atom stereocenters. The number of ether oxygens (including phenoxy) is 2. The van der Waals surface area contributed by atoms with E-state index in [1.165, 1.54) is 0 Å². The van der Waals surface area contributed by atoms with Crippen LogP contribution in [0.1, 0.15) is 51.3 Å². The van der Waals surface area contributed by atoms with Crippen molar-refractivity contribution in [1.29, 1.82) is 0 Å². The zero-order valence-electron chi connectivity index (χ0n) is 22.1. The molecular formula is C29H38N2O5S. The van der Waals surface area contributed by atoms with Gasteiger partial charge < -0.3 is 14.4 Å². The third-order valence-electron chi connectivity index (χ3n) is 5.96. The first-order valence-electron chi connectivity index (χ1n) is 12.8. The van der Waals surface area contributed by atoms with Crippen LogP contribution in [0.15, 0.2) is 60.7 Å². The van der Waals surface area contributed by atoms with Crippen LogP contribution in [0.4, 0.5) is 0 Å². The van der Waals surface area contributed by atoms with Crippen LogP contribution in [0.25, 0.3) is 0 Å². The molecule has 8 heteroatoms. The van der Waals surface area contributed by atoms with Crippen LogP contribution in [0, 0.1) is 0 Å². The van der Waals surface area contributed by atoms with Crippen molar-refractivity contribution in [3.8, 4) is 0 Å². The van der Waals surface area contributed by atoms with E-state index in [-0.39, 0.29) is 31.1 Å². The zero-order valence-corrected chi connectivity index (χ0v) is 23.0. The van der Waals surface area contributed by atoms with Gasteiger partial charge in [-0.2, -0.15) is 11.8 Å². The summed E-state index contributed by atoms with van der Waals surface area (Å²) in [5.41, 5.74) is 1.40. The summed E-state index contributed by atoms with van der Waals surface area (Å²) in [4.78, 5) is 41.2. The molecule has 3 atom stereocenters. The lowest BCUT2D eigenvalue weighted by atomic mass is 10.0. The molecule has 1 aliphatic rings. The summed E-state index contributed by atoms with van der Waals surface area (Å²) < 4.78 is 10.9. The largest absolute Gasteiger partial charge is 0.465 e. The Labute approximate surface area is 224 Å².